The quantitative estimate of drug-likeness (QED) is 0.633. The zero-order valence-electron chi connectivity index (χ0n) is 12.9. The van der Waals surface area contributed by atoms with E-state index in [9.17, 15) is 0 Å². The van der Waals surface area contributed by atoms with Crippen molar-refractivity contribution < 1.29 is 4.74 Å². The van der Waals surface area contributed by atoms with Crippen LogP contribution in [0.3, 0.4) is 0 Å². The molecule has 0 saturated heterocycles. The Morgan fingerprint density at radius 2 is 1.90 bits per heavy atom. The average molecular weight is 285 g/mol. The van der Waals surface area contributed by atoms with Gasteiger partial charge < -0.3 is 4.74 Å². The van der Waals surface area contributed by atoms with E-state index in [0.29, 0.717) is 0 Å². The van der Waals surface area contributed by atoms with Crippen LogP contribution in [-0.4, -0.2) is 12.1 Å². The first-order valence-electron chi connectivity index (χ1n) is 7.16. The number of nitrogens with two attached hydrogens (primary N) is 1. The average Bonchev–Trinajstić information content (AvgIpc) is 2.52. The number of aromatic nitrogens is 1. The van der Waals surface area contributed by atoms with Crippen LogP contribution >= 0.6 is 0 Å². The maximum atomic E-state index is 5.76. The normalized spacial score (nSPS) is 12.2. The van der Waals surface area contributed by atoms with Crippen molar-refractivity contribution in [3.63, 3.8) is 0 Å². The molecule has 0 aliphatic carbocycles. The molecule has 0 radical (unpaired) electrons. The first-order chi connectivity index (χ1) is 10.2. The molecule has 0 aliphatic rings. The van der Waals surface area contributed by atoms with Crippen molar-refractivity contribution in [2.24, 2.45) is 5.84 Å². The summed E-state index contributed by atoms with van der Waals surface area (Å²) < 4.78 is 5.59. The van der Waals surface area contributed by atoms with E-state index in [1.54, 1.807) is 7.11 Å². The summed E-state index contributed by atoms with van der Waals surface area (Å²) in [7, 11) is 1.71. The molecule has 1 aromatic carbocycles. The molecule has 0 fully saturated rings. The van der Waals surface area contributed by atoms with Gasteiger partial charge in [0.15, 0.2) is 0 Å². The van der Waals surface area contributed by atoms with Crippen molar-refractivity contribution in [1.29, 1.82) is 0 Å². The van der Waals surface area contributed by atoms with E-state index in [1.165, 1.54) is 16.7 Å². The second kappa shape index (κ2) is 7.20. The van der Waals surface area contributed by atoms with Crippen LogP contribution in [0.1, 0.15) is 34.7 Å². The second-order valence-corrected chi connectivity index (χ2v) is 5.24. The topological polar surface area (TPSA) is 60.2 Å². The van der Waals surface area contributed by atoms with Gasteiger partial charge in [0.05, 0.1) is 7.11 Å². The monoisotopic (exact) mass is 285 g/mol. The Balaban J connectivity index is 2.19. The van der Waals surface area contributed by atoms with Gasteiger partial charge in [0.2, 0.25) is 0 Å². The molecular formula is C17H23N3O. The number of ether oxygens (including phenoxy) is 1. The van der Waals surface area contributed by atoms with Crippen LogP contribution < -0.4 is 16.0 Å². The second-order valence-electron chi connectivity index (χ2n) is 5.24. The molecule has 3 N–H and O–H groups in total. The van der Waals surface area contributed by atoms with Gasteiger partial charge >= 0.3 is 0 Å². The maximum absolute atomic E-state index is 5.76. The predicted octanol–water partition coefficient (Wildman–Crippen LogP) is 2.84. The van der Waals surface area contributed by atoms with Gasteiger partial charge in [-0.1, -0.05) is 12.1 Å². The Labute approximate surface area is 126 Å². The van der Waals surface area contributed by atoms with Crippen molar-refractivity contribution in [3.8, 4) is 5.75 Å². The minimum atomic E-state index is 0.0624. The van der Waals surface area contributed by atoms with E-state index in [1.807, 2.05) is 24.5 Å². The minimum Gasteiger partial charge on any atom is -0.496 e. The Morgan fingerprint density at radius 3 is 2.52 bits per heavy atom. The number of methoxy groups -OCH3 is 1. The first-order valence-corrected chi connectivity index (χ1v) is 7.16. The van der Waals surface area contributed by atoms with E-state index in [2.05, 4.69) is 36.4 Å². The third-order valence-corrected chi connectivity index (χ3v) is 3.96. The molecule has 2 rings (SSSR count). The van der Waals surface area contributed by atoms with Gasteiger partial charge in [0, 0.05) is 24.0 Å². The molecule has 21 heavy (non-hydrogen) atoms. The molecular weight excluding hydrogens is 262 g/mol. The lowest BCUT2D eigenvalue weighted by atomic mass is 9.95. The Hall–Kier alpha value is -1.91. The Kier molecular flexibility index (Phi) is 5.31. The lowest BCUT2D eigenvalue weighted by Crippen LogP contribution is -2.29. The molecule has 0 spiro atoms. The number of aryl methyl sites for hydroxylation is 2. The predicted molar refractivity (Wildman–Crippen MR) is 85.1 cm³/mol. The van der Waals surface area contributed by atoms with E-state index in [0.717, 1.165) is 24.2 Å². The molecule has 1 heterocycles. The van der Waals surface area contributed by atoms with Crippen LogP contribution in [0.25, 0.3) is 0 Å². The summed E-state index contributed by atoms with van der Waals surface area (Å²) >= 11 is 0. The highest BCUT2D eigenvalue weighted by molar-refractivity contribution is 5.46. The maximum Gasteiger partial charge on any atom is 0.126 e. The molecule has 4 nitrogen and oxygen atoms in total. The molecule has 2 aromatic rings. The molecule has 1 unspecified atom stereocenters. The number of benzene rings is 1. The van der Waals surface area contributed by atoms with Crippen LogP contribution in [0.5, 0.6) is 5.75 Å². The van der Waals surface area contributed by atoms with E-state index < -0.39 is 0 Å². The van der Waals surface area contributed by atoms with Crippen molar-refractivity contribution >= 4 is 0 Å². The standard InChI is InChI=1S/C17H23N3O/c1-12-4-6-15(17(21-3)13(12)2)16(20-18)7-5-14-8-10-19-11-9-14/h4,6,8-11,16,20H,5,7,18H2,1-3H3. The smallest absolute Gasteiger partial charge is 0.126 e. The van der Waals surface area contributed by atoms with Crippen molar-refractivity contribution in [2.45, 2.75) is 32.7 Å². The number of rotatable bonds is 6. The van der Waals surface area contributed by atoms with Gasteiger partial charge in [-0.15, -0.1) is 0 Å². The van der Waals surface area contributed by atoms with Gasteiger partial charge in [-0.3, -0.25) is 16.3 Å². The van der Waals surface area contributed by atoms with Crippen molar-refractivity contribution in [2.75, 3.05) is 7.11 Å². The van der Waals surface area contributed by atoms with Gasteiger partial charge in [-0.05, 0) is 55.5 Å². The summed E-state index contributed by atoms with van der Waals surface area (Å²) in [4.78, 5) is 4.04. The van der Waals surface area contributed by atoms with Crippen molar-refractivity contribution in [1.82, 2.24) is 10.4 Å². The molecule has 1 atom stereocenters. The van der Waals surface area contributed by atoms with E-state index in [-0.39, 0.29) is 6.04 Å². The van der Waals surface area contributed by atoms with Gasteiger partial charge in [-0.25, -0.2) is 0 Å². The fourth-order valence-electron chi connectivity index (χ4n) is 2.55. The molecule has 0 saturated carbocycles. The number of hydrogen-bond donors (Lipinski definition) is 2. The number of hydrogen-bond acceptors (Lipinski definition) is 4. The zero-order valence-corrected chi connectivity index (χ0v) is 12.9. The first kappa shape index (κ1) is 15.5. The summed E-state index contributed by atoms with van der Waals surface area (Å²) in [6, 6.07) is 8.34. The van der Waals surface area contributed by atoms with Crippen LogP contribution in [0.2, 0.25) is 0 Å². The van der Waals surface area contributed by atoms with Crippen LogP contribution in [-0.2, 0) is 6.42 Å². The molecule has 4 heteroatoms. The van der Waals surface area contributed by atoms with Crippen LogP contribution in [0.15, 0.2) is 36.7 Å². The zero-order chi connectivity index (χ0) is 15.2. The van der Waals surface area contributed by atoms with Crippen LogP contribution in [0.4, 0.5) is 0 Å². The highest BCUT2D eigenvalue weighted by Crippen LogP contribution is 2.32. The summed E-state index contributed by atoms with van der Waals surface area (Å²) in [5, 5.41) is 0. The van der Waals surface area contributed by atoms with Gasteiger partial charge in [0.1, 0.15) is 5.75 Å². The number of nitrogens with one attached hydrogen (secondary N) is 1. The van der Waals surface area contributed by atoms with Crippen molar-refractivity contribution in [3.05, 3.63) is 58.9 Å². The highest BCUT2D eigenvalue weighted by atomic mass is 16.5. The molecule has 112 valence electrons. The lowest BCUT2D eigenvalue weighted by molar-refractivity contribution is 0.392. The van der Waals surface area contributed by atoms with Crippen LogP contribution in [0, 0.1) is 13.8 Å². The van der Waals surface area contributed by atoms with Gasteiger partial charge in [-0.2, -0.15) is 0 Å². The number of pyridine rings is 1. The third-order valence-electron chi connectivity index (χ3n) is 3.96. The molecule has 0 amide bonds. The van der Waals surface area contributed by atoms with E-state index in [4.69, 9.17) is 10.6 Å². The summed E-state index contributed by atoms with van der Waals surface area (Å²) in [6.45, 7) is 4.16. The molecule has 0 aliphatic heterocycles. The lowest BCUT2D eigenvalue weighted by Gasteiger charge is -2.21. The molecule has 0 bridgehead atoms. The Morgan fingerprint density at radius 1 is 1.19 bits per heavy atom. The summed E-state index contributed by atoms with van der Waals surface area (Å²) in [5.41, 5.74) is 7.67. The SMILES string of the molecule is COc1c(C(CCc2ccncc2)NN)ccc(C)c1C. The number of hydrazine groups is 1. The Bertz CT molecular complexity index is 584. The minimum absolute atomic E-state index is 0.0624. The fraction of sp³-hybridized carbons (Fsp3) is 0.353. The summed E-state index contributed by atoms with van der Waals surface area (Å²) in [6.07, 6.45) is 5.47. The fourth-order valence-corrected chi connectivity index (χ4v) is 2.55. The number of nitrogens with zero attached hydrogens (tertiary/aromatic N) is 1. The van der Waals surface area contributed by atoms with Gasteiger partial charge in [0.25, 0.3) is 0 Å². The largest absolute Gasteiger partial charge is 0.496 e. The van der Waals surface area contributed by atoms with E-state index >= 15 is 0 Å². The summed E-state index contributed by atoms with van der Waals surface area (Å²) in [5.74, 6) is 6.69. The molecule has 1 aromatic heterocycles. The highest BCUT2D eigenvalue weighted by Gasteiger charge is 2.17. The third kappa shape index (κ3) is 3.60.